The van der Waals surface area contributed by atoms with E-state index in [-0.39, 0.29) is 5.41 Å². The van der Waals surface area contributed by atoms with E-state index in [2.05, 4.69) is 49.2 Å². The predicted molar refractivity (Wildman–Crippen MR) is 94.5 cm³/mol. The Morgan fingerprint density at radius 2 is 1.91 bits per heavy atom. The van der Waals surface area contributed by atoms with E-state index < -0.39 is 0 Å². The van der Waals surface area contributed by atoms with Gasteiger partial charge in [0.2, 0.25) is 0 Å². The van der Waals surface area contributed by atoms with Crippen LogP contribution < -0.4 is 5.32 Å². The van der Waals surface area contributed by atoms with Crippen LogP contribution in [-0.2, 0) is 11.8 Å². The number of nitrogens with zero attached hydrogens (tertiary/aromatic N) is 1. The zero-order valence-electron chi connectivity index (χ0n) is 14.6. The summed E-state index contributed by atoms with van der Waals surface area (Å²) in [6.45, 7) is 11.9. The summed E-state index contributed by atoms with van der Waals surface area (Å²) in [6.07, 6.45) is 6.71. The van der Waals surface area contributed by atoms with Crippen molar-refractivity contribution in [1.29, 1.82) is 0 Å². The Hall–Kier alpha value is -0.860. The van der Waals surface area contributed by atoms with Crippen LogP contribution in [0.1, 0.15) is 69.2 Å². The van der Waals surface area contributed by atoms with Crippen molar-refractivity contribution in [3.63, 3.8) is 0 Å². The van der Waals surface area contributed by atoms with Gasteiger partial charge in [0.1, 0.15) is 0 Å². The molecule has 0 bridgehead atoms. The Kier molecular flexibility index (Phi) is 4.89. The molecule has 1 aromatic carbocycles. The first-order valence-corrected chi connectivity index (χ1v) is 9.13. The minimum atomic E-state index is 0.259. The van der Waals surface area contributed by atoms with Gasteiger partial charge in [0.25, 0.3) is 0 Å². The van der Waals surface area contributed by atoms with E-state index in [9.17, 15) is 0 Å². The third-order valence-corrected chi connectivity index (χ3v) is 5.35. The van der Waals surface area contributed by atoms with Gasteiger partial charge in [-0.2, -0.15) is 0 Å². The molecule has 1 saturated heterocycles. The Morgan fingerprint density at radius 1 is 1.14 bits per heavy atom. The highest BCUT2D eigenvalue weighted by Gasteiger charge is 2.24. The van der Waals surface area contributed by atoms with Gasteiger partial charge >= 0.3 is 0 Å². The normalized spacial score (nSPS) is 22.8. The zero-order chi connectivity index (χ0) is 15.6. The van der Waals surface area contributed by atoms with Crippen molar-refractivity contribution in [2.45, 2.75) is 64.3 Å². The molecule has 122 valence electrons. The second-order valence-electron chi connectivity index (χ2n) is 8.11. The van der Waals surface area contributed by atoms with Crippen molar-refractivity contribution in [2.75, 3.05) is 26.2 Å². The Bertz CT molecular complexity index is 495. The minimum Gasteiger partial charge on any atom is -0.309 e. The highest BCUT2D eigenvalue weighted by Crippen LogP contribution is 2.34. The summed E-state index contributed by atoms with van der Waals surface area (Å²) < 4.78 is 0. The van der Waals surface area contributed by atoms with Crippen LogP contribution in [0.4, 0.5) is 0 Å². The van der Waals surface area contributed by atoms with Gasteiger partial charge in [-0.1, -0.05) is 45.4 Å². The first-order chi connectivity index (χ1) is 10.5. The van der Waals surface area contributed by atoms with Gasteiger partial charge in [-0.25, -0.2) is 0 Å². The highest BCUT2D eigenvalue weighted by atomic mass is 15.1. The monoisotopic (exact) mass is 300 g/mol. The second kappa shape index (κ2) is 6.72. The van der Waals surface area contributed by atoms with Gasteiger partial charge < -0.3 is 10.2 Å². The molecule has 1 aliphatic heterocycles. The van der Waals surface area contributed by atoms with Gasteiger partial charge in [-0.15, -0.1) is 0 Å². The van der Waals surface area contributed by atoms with E-state index in [1.807, 2.05) is 0 Å². The number of likely N-dealkylation sites (tertiary alicyclic amines) is 1. The summed E-state index contributed by atoms with van der Waals surface area (Å²) in [5.41, 5.74) is 4.85. The maximum absolute atomic E-state index is 3.80. The molecule has 0 aromatic heterocycles. The smallest absolute Gasteiger partial charge is 0.0326 e. The lowest BCUT2D eigenvalue weighted by molar-refractivity contribution is 0.226. The van der Waals surface area contributed by atoms with Gasteiger partial charge in [0.05, 0.1) is 0 Å². The average Bonchev–Trinajstić information content (AvgIpc) is 2.90. The van der Waals surface area contributed by atoms with Crippen LogP contribution >= 0.6 is 0 Å². The van der Waals surface area contributed by atoms with Crippen LogP contribution in [-0.4, -0.2) is 31.1 Å². The fraction of sp³-hybridized carbons (Fsp3) is 0.700. The van der Waals surface area contributed by atoms with Crippen molar-refractivity contribution in [1.82, 2.24) is 10.2 Å². The molecule has 1 N–H and O–H groups in total. The number of benzene rings is 1. The number of hydrogen-bond acceptors (Lipinski definition) is 2. The molecular weight excluding hydrogens is 268 g/mol. The van der Waals surface area contributed by atoms with E-state index in [0.29, 0.717) is 6.04 Å². The number of rotatable bonds is 4. The van der Waals surface area contributed by atoms with Gasteiger partial charge in [-0.3, -0.25) is 0 Å². The maximum atomic E-state index is 3.80. The topological polar surface area (TPSA) is 15.3 Å². The molecule has 1 atom stereocenters. The second-order valence-corrected chi connectivity index (χ2v) is 8.11. The van der Waals surface area contributed by atoms with Crippen molar-refractivity contribution < 1.29 is 0 Å². The van der Waals surface area contributed by atoms with Crippen LogP contribution in [0.2, 0.25) is 0 Å². The molecule has 0 saturated carbocycles. The van der Waals surface area contributed by atoms with Crippen molar-refractivity contribution in [3.05, 3.63) is 34.9 Å². The molecule has 22 heavy (non-hydrogen) atoms. The summed E-state index contributed by atoms with van der Waals surface area (Å²) in [4.78, 5) is 2.62. The lowest BCUT2D eigenvalue weighted by Crippen LogP contribution is -2.36. The van der Waals surface area contributed by atoms with Crippen molar-refractivity contribution in [3.8, 4) is 0 Å². The first kappa shape index (κ1) is 16.0. The quantitative estimate of drug-likeness (QED) is 0.902. The fourth-order valence-corrected chi connectivity index (χ4v) is 3.88. The summed E-state index contributed by atoms with van der Waals surface area (Å²) in [5.74, 6) is 0. The van der Waals surface area contributed by atoms with Crippen LogP contribution in [0.15, 0.2) is 18.2 Å². The lowest BCUT2D eigenvalue weighted by Gasteiger charge is -2.27. The van der Waals surface area contributed by atoms with E-state index >= 15 is 0 Å². The molecule has 3 rings (SSSR count). The van der Waals surface area contributed by atoms with Gasteiger partial charge in [-0.05, 0) is 60.9 Å². The molecule has 1 aromatic rings. The minimum absolute atomic E-state index is 0.259. The molecule has 1 aliphatic carbocycles. The molecule has 0 amide bonds. The fourth-order valence-electron chi connectivity index (χ4n) is 3.88. The molecule has 1 fully saturated rings. The lowest BCUT2D eigenvalue weighted by atomic mass is 9.85. The number of fused-ring (bicyclic) bond motifs is 1. The molecule has 2 heteroatoms. The highest BCUT2D eigenvalue weighted by molar-refractivity contribution is 5.40. The standard InChI is InChI=1S/C20H32N2/c1-20(2,3)17-8-9-18-16(15-17)7-10-19(18)21-11-14-22-12-5-4-6-13-22/h8-9,15,19,21H,4-7,10-14H2,1-3H3/t19-/m1/s1. The predicted octanol–water partition coefficient (Wildman–Crippen LogP) is 4.05. The number of hydrogen-bond donors (Lipinski definition) is 1. The summed E-state index contributed by atoms with van der Waals surface area (Å²) in [6, 6.07) is 7.74. The van der Waals surface area contributed by atoms with Crippen LogP contribution in [0, 0.1) is 0 Å². The van der Waals surface area contributed by atoms with Crippen LogP contribution in [0.25, 0.3) is 0 Å². The number of nitrogens with one attached hydrogen (secondary N) is 1. The molecule has 1 heterocycles. The van der Waals surface area contributed by atoms with Crippen LogP contribution in [0.5, 0.6) is 0 Å². The number of piperidine rings is 1. The SMILES string of the molecule is CC(C)(C)c1ccc2c(c1)CC[C@H]2NCCN1CCCCC1. The summed E-state index contributed by atoms with van der Waals surface area (Å²) >= 11 is 0. The molecule has 0 unspecified atom stereocenters. The first-order valence-electron chi connectivity index (χ1n) is 9.13. The summed E-state index contributed by atoms with van der Waals surface area (Å²) in [5, 5.41) is 3.80. The van der Waals surface area contributed by atoms with Crippen molar-refractivity contribution >= 4 is 0 Å². The zero-order valence-corrected chi connectivity index (χ0v) is 14.6. The third-order valence-electron chi connectivity index (χ3n) is 5.35. The molecule has 0 radical (unpaired) electrons. The Balaban J connectivity index is 1.55. The van der Waals surface area contributed by atoms with Crippen LogP contribution in [0.3, 0.4) is 0 Å². The molecular formula is C20H32N2. The Labute approximate surface area is 136 Å². The van der Waals surface area contributed by atoms with Crippen molar-refractivity contribution in [2.24, 2.45) is 0 Å². The van der Waals surface area contributed by atoms with E-state index in [4.69, 9.17) is 0 Å². The Morgan fingerprint density at radius 3 is 2.64 bits per heavy atom. The van der Waals surface area contributed by atoms with E-state index in [1.165, 1.54) is 57.3 Å². The van der Waals surface area contributed by atoms with E-state index in [0.717, 1.165) is 6.54 Å². The maximum Gasteiger partial charge on any atom is 0.0326 e. The molecule has 2 nitrogen and oxygen atoms in total. The number of aryl methyl sites for hydroxylation is 1. The van der Waals surface area contributed by atoms with Gasteiger partial charge in [0.15, 0.2) is 0 Å². The molecule has 0 spiro atoms. The van der Waals surface area contributed by atoms with E-state index in [1.54, 1.807) is 11.1 Å². The summed E-state index contributed by atoms with van der Waals surface area (Å²) in [7, 11) is 0. The van der Waals surface area contributed by atoms with Gasteiger partial charge in [0, 0.05) is 19.1 Å². The largest absolute Gasteiger partial charge is 0.309 e. The average molecular weight is 300 g/mol. The molecule has 2 aliphatic rings. The third kappa shape index (κ3) is 3.72.